The Morgan fingerprint density at radius 3 is 2.67 bits per heavy atom. The summed E-state index contributed by atoms with van der Waals surface area (Å²) in [6, 6.07) is 6.39. The number of rotatable bonds is 5. The van der Waals surface area contributed by atoms with Gasteiger partial charge >= 0.3 is 5.97 Å². The standard InChI is InChI=1S/C12H16O2S/c1-9-3-4-11(7-10(9)2)8-15-6-5-12(13)14/h3-4,7H,5-6,8H2,1-2H3,(H,13,14). The van der Waals surface area contributed by atoms with E-state index in [4.69, 9.17) is 5.11 Å². The molecule has 0 atom stereocenters. The lowest BCUT2D eigenvalue weighted by molar-refractivity contribution is -0.136. The van der Waals surface area contributed by atoms with Gasteiger partial charge in [-0.1, -0.05) is 18.2 Å². The van der Waals surface area contributed by atoms with Crippen LogP contribution in [0.25, 0.3) is 0 Å². The van der Waals surface area contributed by atoms with Crippen LogP contribution in [0.2, 0.25) is 0 Å². The van der Waals surface area contributed by atoms with Crippen molar-refractivity contribution < 1.29 is 9.90 Å². The van der Waals surface area contributed by atoms with Crippen molar-refractivity contribution in [2.45, 2.75) is 26.0 Å². The van der Waals surface area contributed by atoms with Crippen LogP contribution in [0, 0.1) is 13.8 Å². The van der Waals surface area contributed by atoms with Crippen LogP contribution in [-0.2, 0) is 10.5 Å². The number of hydrogen-bond donors (Lipinski definition) is 1. The molecule has 0 aliphatic rings. The fourth-order valence-electron chi connectivity index (χ4n) is 1.24. The molecule has 0 fully saturated rings. The third-order valence-electron chi connectivity index (χ3n) is 2.30. The fourth-order valence-corrected chi connectivity index (χ4v) is 2.12. The summed E-state index contributed by atoms with van der Waals surface area (Å²) >= 11 is 1.67. The van der Waals surface area contributed by atoms with Crippen LogP contribution in [-0.4, -0.2) is 16.8 Å². The molecule has 1 aromatic carbocycles. The van der Waals surface area contributed by atoms with Crippen molar-refractivity contribution in [2.24, 2.45) is 0 Å². The Labute approximate surface area is 94.7 Å². The van der Waals surface area contributed by atoms with E-state index in [1.807, 2.05) is 0 Å². The highest BCUT2D eigenvalue weighted by atomic mass is 32.2. The highest BCUT2D eigenvalue weighted by Gasteiger charge is 1.99. The van der Waals surface area contributed by atoms with Gasteiger partial charge in [-0.2, -0.15) is 11.8 Å². The van der Waals surface area contributed by atoms with Crippen molar-refractivity contribution in [3.05, 3.63) is 34.9 Å². The Morgan fingerprint density at radius 2 is 2.07 bits per heavy atom. The van der Waals surface area contributed by atoms with Gasteiger partial charge in [-0.15, -0.1) is 0 Å². The SMILES string of the molecule is Cc1ccc(CSCCC(=O)O)cc1C. The van der Waals surface area contributed by atoms with Gasteiger partial charge in [-0.05, 0) is 30.5 Å². The lowest BCUT2D eigenvalue weighted by Crippen LogP contribution is -1.96. The Bertz CT molecular complexity index is 347. The lowest BCUT2D eigenvalue weighted by atomic mass is 10.1. The highest BCUT2D eigenvalue weighted by Crippen LogP contribution is 2.16. The second kappa shape index (κ2) is 5.81. The molecule has 1 N–H and O–H groups in total. The van der Waals surface area contributed by atoms with E-state index in [0.717, 1.165) is 5.75 Å². The molecule has 1 aromatic rings. The summed E-state index contributed by atoms with van der Waals surface area (Å²) in [7, 11) is 0. The molecule has 0 aromatic heterocycles. The second-order valence-corrected chi connectivity index (χ2v) is 4.72. The maximum atomic E-state index is 10.3. The molecule has 0 heterocycles. The Morgan fingerprint density at radius 1 is 1.33 bits per heavy atom. The zero-order valence-corrected chi connectivity index (χ0v) is 9.93. The first-order valence-electron chi connectivity index (χ1n) is 4.95. The highest BCUT2D eigenvalue weighted by molar-refractivity contribution is 7.98. The Hall–Kier alpha value is -0.960. The molecule has 0 bridgehead atoms. The molecule has 1 rings (SSSR count). The molecule has 0 spiro atoms. The van der Waals surface area contributed by atoms with Gasteiger partial charge in [-0.25, -0.2) is 0 Å². The minimum Gasteiger partial charge on any atom is -0.481 e. The number of thioether (sulfide) groups is 1. The van der Waals surface area contributed by atoms with E-state index in [-0.39, 0.29) is 6.42 Å². The molecular formula is C12H16O2S. The third-order valence-corrected chi connectivity index (χ3v) is 3.33. The average molecular weight is 224 g/mol. The number of hydrogen-bond acceptors (Lipinski definition) is 2. The first-order valence-corrected chi connectivity index (χ1v) is 6.10. The molecule has 82 valence electrons. The van der Waals surface area contributed by atoms with Gasteiger partial charge in [0, 0.05) is 11.5 Å². The minimum absolute atomic E-state index is 0.246. The van der Waals surface area contributed by atoms with Crippen molar-refractivity contribution in [3.63, 3.8) is 0 Å². The third kappa shape index (κ3) is 4.38. The molecule has 0 saturated heterocycles. The van der Waals surface area contributed by atoms with Crippen molar-refractivity contribution in [1.29, 1.82) is 0 Å². The molecule has 0 radical (unpaired) electrons. The van der Waals surface area contributed by atoms with Crippen LogP contribution in [0.15, 0.2) is 18.2 Å². The van der Waals surface area contributed by atoms with Crippen LogP contribution >= 0.6 is 11.8 Å². The number of aliphatic carboxylic acids is 1. The number of benzene rings is 1. The second-order valence-electron chi connectivity index (χ2n) is 3.61. The van der Waals surface area contributed by atoms with Crippen LogP contribution in [0.3, 0.4) is 0 Å². The predicted molar refractivity (Wildman–Crippen MR) is 64.3 cm³/mol. The van der Waals surface area contributed by atoms with E-state index in [9.17, 15) is 4.79 Å². The number of carboxylic acid groups (broad SMARTS) is 1. The van der Waals surface area contributed by atoms with Gasteiger partial charge in [0.1, 0.15) is 0 Å². The van der Waals surface area contributed by atoms with E-state index >= 15 is 0 Å². The van der Waals surface area contributed by atoms with Gasteiger partial charge in [0.2, 0.25) is 0 Å². The first kappa shape index (κ1) is 12.1. The number of carboxylic acids is 1. The summed E-state index contributed by atoms with van der Waals surface area (Å²) in [4.78, 5) is 10.3. The topological polar surface area (TPSA) is 37.3 Å². The molecule has 0 saturated carbocycles. The summed E-state index contributed by atoms with van der Waals surface area (Å²) in [5.41, 5.74) is 3.87. The van der Waals surface area contributed by atoms with E-state index in [2.05, 4.69) is 32.0 Å². The first-order chi connectivity index (χ1) is 7.09. The minimum atomic E-state index is -0.720. The Kier molecular flexibility index (Phi) is 4.69. The summed E-state index contributed by atoms with van der Waals surface area (Å²) in [5.74, 6) is 0.860. The zero-order chi connectivity index (χ0) is 11.3. The van der Waals surface area contributed by atoms with Crippen LogP contribution in [0.4, 0.5) is 0 Å². The van der Waals surface area contributed by atoms with Gasteiger partial charge in [0.15, 0.2) is 0 Å². The summed E-state index contributed by atoms with van der Waals surface area (Å²) in [5, 5.41) is 8.48. The average Bonchev–Trinajstić information content (AvgIpc) is 2.18. The predicted octanol–water partition coefficient (Wildman–Crippen LogP) is 3.01. The van der Waals surface area contributed by atoms with Crippen LogP contribution in [0.5, 0.6) is 0 Å². The lowest BCUT2D eigenvalue weighted by Gasteiger charge is -2.04. The van der Waals surface area contributed by atoms with E-state index in [1.165, 1.54) is 16.7 Å². The van der Waals surface area contributed by atoms with Crippen molar-refractivity contribution >= 4 is 17.7 Å². The summed E-state index contributed by atoms with van der Waals surface area (Å²) in [6.45, 7) is 4.19. The van der Waals surface area contributed by atoms with Crippen molar-refractivity contribution in [3.8, 4) is 0 Å². The normalized spacial score (nSPS) is 10.3. The molecule has 3 heteroatoms. The Balaban J connectivity index is 2.38. The van der Waals surface area contributed by atoms with Crippen molar-refractivity contribution in [2.75, 3.05) is 5.75 Å². The van der Waals surface area contributed by atoms with E-state index in [1.54, 1.807) is 11.8 Å². The molecule has 15 heavy (non-hydrogen) atoms. The molecule has 0 aliphatic heterocycles. The number of carbonyl (C=O) groups is 1. The number of aryl methyl sites for hydroxylation is 2. The smallest absolute Gasteiger partial charge is 0.304 e. The summed E-state index contributed by atoms with van der Waals surface area (Å²) in [6.07, 6.45) is 0.246. The summed E-state index contributed by atoms with van der Waals surface area (Å²) < 4.78 is 0. The molecule has 2 nitrogen and oxygen atoms in total. The van der Waals surface area contributed by atoms with Gasteiger partial charge in [0.05, 0.1) is 6.42 Å². The quantitative estimate of drug-likeness (QED) is 0.781. The molecule has 0 amide bonds. The van der Waals surface area contributed by atoms with Crippen LogP contribution < -0.4 is 0 Å². The zero-order valence-electron chi connectivity index (χ0n) is 9.12. The maximum Gasteiger partial charge on any atom is 0.304 e. The van der Waals surface area contributed by atoms with Crippen LogP contribution in [0.1, 0.15) is 23.1 Å². The monoisotopic (exact) mass is 224 g/mol. The maximum absolute atomic E-state index is 10.3. The largest absolute Gasteiger partial charge is 0.481 e. The molecular weight excluding hydrogens is 208 g/mol. The van der Waals surface area contributed by atoms with Crippen molar-refractivity contribution in [1.82, 2.24) is 0 Å². The molecule has 0 aliphatic carbocycles. The van der Waals surface area contributed by atoms with Gasteiger partial charge in [-0.3, -0.25) is 4.79 Å². The van der Waals surface area contributed by atoms with E-state index in [0.29, 0.717) is 5.75 Å². The fraction of sp³-hybridized carbons (Fsp3) is 0.417. The van der Waals surface area contributed by atoms with E-state index < -0.39 is 5.97 Å². The van der Waals surface area contributed by atoms with Gasteiger partial charge in [0.25, 0.3) is 0 Å². The molecule has 0 unspecified atom stereocenters. The van der Waals surface area contributed by atoms with Gasteiger partial charge < -0.3 is 5.11 Å².